The molecule has 3 aromatic rings. The summed E-state index contributed by atoms with van der Waals surface area (Å²) in [4.78, 5) is 21.1. The molecule has 0 bridgehead atoms. The molecule has 39 heavy (non-hydrogen) atoms. The Morgan fingerprint density at radius 1 is 1.08 bits per heavy atom. The minimum Gasteiger partial charge on any atom is -0.390 e. The summed E-state index contributed by atoms with van der Waals surface area (Å²) in [7, 11) is 0. The van der Waals surface area contributed by atoms with Crippen molar-refractivity contribution in [2.75, 3.05) is 18.5 Å². The minimum absolute atomic E-state index is 0.0467. The molecule has 0 unspecified atom stereocenters. The van der Waals surface area contributed by atoms with Crippen LogP contribution in [0.25, 0.3) is 11.3 Å². The molecule has 11 heteroatoms. The van der Waals surface area contributed by atoms with E-state index < -0.39 is 51.9 Å². The number of benzene rings is 1. The van der Waals surface area contributed by atoms with Crippen LogP contribution in [0.15, 0.2) is 42.7 Å². The number of aliphatic hydroxyl groups is 3. The Kier molecular flexibility index (Phi) is 6.96. The molecule has 1 aromatic carbocycles. The zero-order valence-electron chi connectivity index (χ0n) is 21.3. The summed E-state index contributed by atoms with van der Waals surface area (Å²) in [6.07, 6.45) is 2.81. The van der Waals surface area contributed by atoms with Gasteiger partial charge in [-0.25, -0.2) is 18.2 Å². The maximum Gasteiger partial charge on any atom is 0.274 e. The van der Waals surface area contributed by atoms with Crippen molar-refractivity contribution in [1.29, 1.82) is 0 Å². The highest BCUT2D eigenvalue weighted by Gasteiger charge is 2.44. The smallest absolute Gasteiger partial charge is 0.274 e. The summed E-state index contributed by atoms with van der Waals surface area (Å²) in [5.41, 5.74) is -3.56. The molecule has 2 aliphatic rings. The Balaban J connectivity index is 1.43. The van der Waals surface area contributed by atoms with Gasteiger partial charge in [-0.05, 0) is 73.1 Å². The van der Waals surface area contributed by atoms with Crippen LogP contribution in [-0.2, 0) is 10.3 Å². The highest BCUT2D eigenvalue weighted by Crippen LogP contribution is 2.43. The number of hydrogen-bond acceptors (Lipinski definition) is 7. The van der Waals surface area contributed by atoms with E-state index in [1.807, 2.05) is 6.92 Å². The highest BCUT2D eigenvalue weighted by molar-refractivity contribution is 6.03. The van der Waals surface area contributed by atoms with E-state index in [0.29, 0.717) is 17.7 Å². The van der Waals surface area contributed by atoms with Crippen molar-refractivity contribution in [3.63, 3.8) is 0 Å². The first kappa shape index (κ1) is 27.2. The zero-order chi connectivity index (χ0) is 28.1. The summed E-state index contributed by atoms with van der Waals surface area (Å²) in [5, 5.41) is 34.1. The van der Waals surface area contributed by atoms with Crippen LogP contribution in [-0.4, -0.2) is 56.1 Å². The first-order chi connectivity index (χ1) is 18.4. The van der Waals surface area contributed by atoms with Crippen LogP contribution in [0.4, 0.5) is 18.9 Å². The van der Waals surface area contributed by atoms with E-state index in [-0.39, 0.29) is 42.7 Å². The monoisotopic (exact) mass is 543 g/mol. The lowest BCUT2D eigenvalue weighted by Crippen LogP contribution is -2.49. The Bertz CT molecular complexity index is 1390. The lowest BCUT2D eigenvalue weighted by molar-refractivity contribution is -0.184. The Labute approximate surface area is 222 Å². The van der Waals surface area contributed by atoms with Gasteiger partial charge in [-0.15, -0.1) is 0 Å². The van der Waals surface area contributed by atoms with Crippen LogP contribution >= 0.6 is 0 Å². The molecule has 4 atom stereocenters. The second-order valence-corrected chi connectivity index (χ2v) is 10.6. The standard InChI is InChI=1S/C28H28F3N3O5/c1-14-7-15(8-23(35)27(14,2)37)17-5-6-32-11-22(17)34-26(36)21-4-3-18(29)25(33-21)24-19(30)9-16(10-20(24)31)28(38)12-39-13-28/h3-6,9-11,14-15,23,35,37-38H,7-8,12-13H2,1-2H3,(H,34,36)/t14-,15+,23+,27+/m1/s1. The normalized spacial score (nSPS) is 26.1. The predicted octanol–water partition coefficient (Wildman–Crippen LogP) is 3.66. The van der Waals surface area contributed by atoms with E-state index in [4.69, 9.17) is 4.74 Å². The average molecular weight is 544 g/mol. The summed E-state index contributed by atoms with van der Waals surface area (Å²) in [5.74, 6) is -4.52. The van der Waals surface area contributed by atoms with Gasteiger partial charge in [0.25, 0.3) is 5.91 Å². The number of ether oxygens (including phenoxy) is 1. The quantitative estimate of drug-likeness (QED) is 0.387. The van der Waals surface area contributed by atoms with Gasteiger partial charge in [-0.2, -0.15) is 0 Å². The molecule has 2 aromatic heterocycles. The van der Waals surface area contributed by atoms with Crippen LogP contribution in [0.1, 0.15) is 54.2 Å². The molecule has 1 saturated heterocycles. The fraction of sp³-hybridized carbons (Fsp3) is 0.393. The molecule has 1 aliphatic carbocycles. The molecule has 5 rings (SSSR count). The number of hydrogen-bond donors (Lipinski definition) is 4. The van der Waals surface area contributed by atoms with E-state index in [1.165, 1.54) is 6.20 Å². The Morgan fingerprint density at radius 3 is 2.38 bits per heavy atom. The number of carbonyl (C=O) groups excluding carboxylic acids is 1. The molecule has 8 nitrogen and oxygen atoms in total. The molecular formula is C28H28F3N3O5. The molecule has 0 spiro atoms. The van der Waals surface area contributed by atoms with Gasteiger partial charge in [0, 0.05) is 6.20 Å². The number of amides is 1. The number of nitrogens with zero attached hydrogens (tertiary/aromatic N) is 2. The summed E-state index contributed by atoms with van der Waals surface area (Å²) >= 11 is 0. The van der Waals surface area contributed by atoms with E-state index in [9.17, 15) is 33.3 Å². The van der Waals surface area contributed by atoms with Crippen LogP contribution in [0.5, 0.6) is 0 Å². The summed E-state index contributed by atoms with van der Waals surface area (Å²) in [6.45, 7) is 3.18. The number of carbonyl (C=O) groups is 1. The zero-order valence-corrected chi connectivity index (χ0v) is 21.3. The van der Waals surface area contributed by atoms with Gasteiger partial charge < -0.3 is 25.4 Å². The number of aliphatic hydroxyl groups excluding tert-OH is 1. The third-order valence-corrected chi connectivity index (χ3v) is 7.94. The van der Waals surface area contributed by atoms with Crippen molar-refractivity contribution in [2.45, 2.75) is 49.9 Å². The van der Waals surface area contributed by atoms with Crippen LogP contribution in [0.3, 0.4) is 0 Å². The van der Waals surface area contributed by atoms with E-state index in [0.717, 1.165) is 24.3 Å². The summed E-state index contributed by atoms with van der Waals surface area (Å²) in [6, 6.07) is 5.48. The number of halogens is 3. The van der Waals surface area contributed by atoms with Gasteiger partial charge >= 0.3 is 0 Å². The molecule has 1 aliphatic heterocycles. The minimum atomic E-state index is -1.53. The van der Waals surface area contributed by atoms with Gasteiger partial charge in [-0.3, -0.25) is 9.78 Å². The van der Waals surface area contributed by atoms with E-state index >= 15 is 0 Å². The van der Waals surface area contributed by atoms with Crippen LogP contribution in [0.2, 0.25) is 0 Å². The average Bonchev–Trinajstić information content (AvgIpc) is 2.86. The molecule has 1 amide bonds. The number of aromatic nitrogens is 2. The van der Waals surface area contributed by atoms with Crippen LogP contribution < -0.4 is 5.32 Å². The van der Waals surface area contributed by atoms with Crippen LogP contribution in [0, 0.1) is 23.4 Å². The Morgan fingerprint density at radius 2 is 1.77 bits per heavy atom. The first-order valence-electron chi connectivity index (χ1n) is 12.5. The SMILES string of the molecule is C[C@@H]1C[C@H](c2ccncc2NC(=O)c2ccc(F)c(-c3c(F)cc(C4(O)COC4)cc3F)n2)C[C@H](O)[C@@]1(C)O. The van der Waals surface area contributed by atoms with E-state index in [2.05, 4.69) is 15.3 Å². The molecule has 4 N–H and O–H groups in total. The maximum atomic E-state index is 15.0. The van der Waals surface area contributed by atoms with Crippen molar-refractivity contribution >= 4 is 11.6 Å². The fourth-order valence-corrected chi connectivity index (χ4v) is 5.18. The largest absolute Gasteiger partial charge is 0.390 e. The first-order valence-corrected chi connectivity index (χ1v) is 12.5. The molecule has 2 fully saturated rings. The van der Waals surface area contributed by atoms with Gasteiger partial charge in [-0.1, -0.05) is 6.92 Å². The van der Waals surface area contributed by atoms with Crippen molar-refractivity contribution < 1.29 is 38.0 Å². The number of nitrogens with one attached hydrogen (secondary N) is 1. The van der Waals surface area contributed by atoms with Crippen molar-refractivity contribution in [3.8, 4) is 11.3 Å². The van der Waals surface area contributed by atoms with E-state index in [1.54, 1.807) is 19.2 Å². The molecule has 1 saturated carbocycles. The lowest BCUT2D eigenvalue weighted by Gasteiger charge is -2.43. The number of rotatable bonds is 5. The van der Waals surface area contributed by atoms with Gasteiger partial charge in [0.05, 0.1) is 42.4 Å². The lowest BCUT2D eigenvalue weighted by atomic mass is 9.69. The van der Waals surface area contributed by atoms with Gasteiger partial charge in [0.1, 0.15) is 34.4 Å². The fourth-order valence-electron chi connectivity index (χ4n) is 5.18. The van der Waals surface area contributed by atoms with Crippen molar-refractivity contribution in [1.82, 2.24) is 9.97 Å². The predicted molar refractivity (Wildman–Crippen MR) is 134 cm³/mol. The van der Waals surface area contributed by atoms with Gasteiger partial charge in [0.15, 0.2) is 0 Å². The van der Waals surface area contributed by atoms with Crippen molar-refractivity contribution in [2.24, 2.45) is 5.92 Å². The number of pyridine rings is 2. The molecule has 3 heterocycles. The second kappa shape index (κ2) is 9.98. The third kappa shape index (κ3) is 4.91. The highest BCUT2D eigenvalue weighted by atomic mass is 19.1. The number of anilines is 1. The molecular weight excluding hydrogens is 515 g/mol. The third-order valence-electron chi connectivity index (χ3n) is 7.94. The molecule has 206 valence electrons. The van der Waals surface area contributed by atoms with Gasteiger partial charge in [0.2, 0.25) is 0 Å². The Hall–Kier alpha value is -3.38. The van der Waals surface area contributed by atoms with Crippen molar-refractivity contribution in [3.05, 3.63) is 77.0 Å². The molecule has 0 radical (unpaired) electrons. The topological polar surface area (TPSA) is 125 Å². The second-order valence-electron chi connectivity index (χ2n) is 10.6. The maximum absolute atomic E-state index is 15.0. The summed E-state index contributed by atoms with van der Waals surface area (Å²) < 4.78 is 49.6.